The highest BCUT2D eigenvalue weighted by Gasteiger charge is 2.17. The lowest BCUT2D eigenvalue weighted by Crippen LogP contribution is -2.35. The standard InChI is InChI=1S/C14H26N2O3S/c1-14(2,3)19-13(18)15-8-9-20-10-12(17)16-11-6-4-5-7-11/h11H,4-10H2,1-3H3,(H,15,18)(H,16,17). The second-order valence-electron chi connectivity index (χ2n) is 6.03. The van der Waals surface area contributed by atoms with Crippen LogP contribution >= 0.6 is 11.8 Å². The van der Waals surface area contributed by atoms with E-state index in [0.29, 0.717) is 24.1 Å². The Kier molecular flexibility index (Phi) is 7.19. The number of amides is 2. The first-order valence-corrected chi connectivity index (χ1v) is 8.36. The van der Waals surface area contributed by atoms with Crippen molar-refractivity contribution in [1.29, 1.82) is 0 Å². The molecule has 0 aromatic carbocycles. The van der Waals surface area contributed by atoms with Crippen LogP contribution in [0.3, 0.4) is 0 Å². The number of ether oxygens (including phenoxy) is 1. The Labute approximate surface area is 125 Å². The van der Waals surface area contributed by atoms with Crippen molar-refractivity contribution in [2.45, 2.75) is 58.1 Å². The SMILES string of the molecule is CC(C)(C)OC(=O)NCCSCC(=O)NC1CCCC1. The smallest absolute Gasteiger partial charge is 0.407 e. The second kappa shape index (κ2) is 8.39. The summed E-state index contributed by atoms with van der Waals surface area (Å²) in [6, 6.07) is 0.378. The molecule has 116 valence electrons. The average molecular weight is 302 g/mol. The van der Waals surface area contributed by atoms with Crippen LogP contribution < -0.4 is 10.6 Å². The Morgan fingerprint density at radius 3 is 2.50 bits per heavy atom. The van der Waals surface area contributed by atoms with Gasteiger partial charge in [-0.3, -0.25) is 4.79 Å². The molecule has 2 N–H and O–H groups in total. The van der Waals surface area contributed by atoms with Crippen LogP contribution in [0.15, 0.2) is 0 Å². The number of carbonyl (C=O) groups excluding carboxylic acids is 2. The minimum atomic E-state index is -0.474. The Morgan fingerprint density at radius 1 is 1.25 bits per heavy atom. The largest absolute Gasteiger partial charge is 0.444 e. The molecule has 1 saturated carbocycles. The van der Waals surface area contributed by atoms with Crippen LogP contribution in [0.2, 0.25) is 0 Å². The van der Waals surface area contributed by atoms with Gasteiger partial charge in [0.1, 0.15) is 5.60 Å². The summed E-state index contributed by atoms with van der Waals surface area (Å²) in [5, 5.41) is 5.71. The molecule has 1 rings (SSSR count). The zero-order valence-corrected chi connectivity index (χ0v) is 13.5. The first-order chi connectivity index (χ1) is 9.37. The lowest BCUT2D eigenvalue weighted by atomic mass is 10.2. The zero-order chi connectivity index (χ0) is 15.0. The molecule has 2 amide bonds. The predicted molar refractivity (Wildman–Crippen MR) is 82.0 cm³/mol. The van der Waals surface area contributed by atoms with Gasteiger partial charge < -0.3 is 15.4 Å². The van der Waals surface area contributed by atoms with Gasteiger partial charge in [0.25, 0.3) is 0 Å². The maximum absolute atomic E-state index is 11.6. The van der Waals surface area contributed by atoms with Crippen LogP contribution in [0.25, 0.3) is 0 Å². The maximum atomic E-state index is 11.6. The average Bonchev–Trinajstić information content (AvgIpc) is 2.78. The van der Waals surface area contributed by atoms with Crippen LogP contribution in [0.5, 0.6) is 0 Å². The normalized spacial score (nSPS) is 15.9. The Morgan fingerprint density at radius 2 is 1.90 bits per heavy atom. The monoisotopic (exact) mass is 302 g/mol. The molecule has 0 aromatic rings. The summed E-state index contributed by atoms with van der Waals surface area (Å²) in [7, 11) is 0. The number of nitrogens with one attached hydrogen (secondary N) is 2. The molecule has 0 heterocycles. The van der Waals surface area contributed by atoms with Crippen molar-refractivity contribution in [3.05, 3.63) is 0 Å². The molecule has 5 nitrogen and oxygen atoms in total. The van der Waals surface area contributed by atoms with E-state index in [1.165, 1.54) is 24.6 Å². The van der Waals surface area contributed by atoms with E-state index in [1.807, 2.05) is 20.8 Å². The van der Waals surface area contributed by atoms with E-state index >= 15 is 0 Å². The van der Waals surface area contributed by atoms with Gasteiger partial charge >= 0.3 is 6.09 Å². The highest BCUT2D eigenvalue weighted by molar-refractivity contribution is 7.99. The molecule has 0 aliphatic heterocycles. The zero-order valence-electron chi connectivity index (χ0n) is 12.7. The molecular formula is C14H26N2O3S. The third kappa shape index (κ3) is 8.30. The van der Waals surface area contributed by atoms with Crippen LogP contribution in [0, 0.1) is 0 Å². The van der Waals surface area contributed by atoms with Gasteiger partial charge in [-0.15, -0.1) is 0 Å². The molecule has 0 unspecified atom stereocenters. The number of thioether (sulfide) groups is 1. The summed E-state index contributed by atoms with van der Waals surface area (Å²) in [5.74, 6) is 1.25. The number of carbonyl (C=O) groups is 2. The molecule has 0 spiro atoms. The summed E-state index contributed by atoms with van der Waals surface area (Å²) < 4.78 is 5.12. The number of hydrogen-bond donors (Lipinski definition) is 2. The van der Waals surface area contributed by atoms with Crippen molar-refractivity contribution in [1.82, 2.24) is 10.6 Å². The fourth-order valence-electron chi connectivity index (χ4n) is 2.04. The van der Waals surface area contributed by atoms with Gasteiger partial charge in [-0.25, -0.2) is 4.79 Å². The molecule has 0 saturated heterocycles. The van der Waals surface area contributed by atoms with E-state index in [0.717, 1.165) is 12.8 Å². The molecule has 0 atom stereocenters. The third-order valence-electron chi connectivity index (χ3n) is 2.87. The predicted octanol–water partition coefficient (Wildman–Crippen LogP) is 2.30. The van der Waals surface area contributed by atoms with Crippen molar-refractivity contribution in [3.8, 4) is 0 Å². The molecule has 0 radical (unpaired) electrons. The number of rotatable bonds is 6. The van der Waals surface area contributed by atoms with Gasteiger partial charge in [0.15, 0.2) is 0 Å². The topological polar surface area (TPSA) is 67.4 Å². The highest BCUT2D eigenvalue weighted by Crippen LogP contribution is 2.17. The van der Waals surface area contributed by atoms with Gasteiger partial charge in [-0.05, 0) is 33.6 Å². The Hall–Kier alpha value is -0.910. The summed E-state index contributed by atoms with van der Waals surface area (Å²) >= 11 is 1.52. The molecule has 1 aliphatic carbocycles. The molecule has 6 heteroatoms. The molecule has 0 bridgehead atoms. The van der Waals surface area contributed by atoms with E-state index < -0.39 is 11.7 Å². The Balaban J connectivity index is 1.98. The van der Waals surface area contributed by atoms with Crippen molar-refractivity contribution >= 4 is 23.8 Å². The first kappa shape index (κ1) is 17.1. The lowest BCUT2D eigenvalue weighted by molar-refractivity contribution is -0.119. The fourth-order valence-corrected chi connectivity index (χ4v) is 2.70. The second-order valence-corrected chi connectivity index (χ2v) is 7.14. The minimum absolute atomic E-state index is 0.0965. The van der Waals surface area contributed by atoms with Crippen LogP contribution in [-0.2, 0) is 9.53 Å². The van der Waals surface area contributed by atoms with Gasteiger partial charge in [0, 0.05) is 18.3 Å². The Bertz CT molecular complexity index is 323. The van der Waals surface area contributed by atoms with Crippen molar-refractivity contribution in [2.75, 3.05) is 18.1 Å². The number of alkyl carbamates (subject to hydrolysis) is 1. The molecule has 0 aromatic heterocycles. The first-order valence-electron chi connectivity index (χ1n) is 7.21. The lowest BCUT2D eigenvalue weighted by Gasteiger charge is -2.19. The van der Waals surface area contributed by atoms with Gasteiger partial charge in [0.05, 0.1) is 5.75 Å². The summed E-state index contributed by atoms with van der Waals surface area (Å²) in [4.78, 5) is 23.0. The van der Waals surface area contributed by atoms with E-state index in [1.54, 1.807) is 0 Å². The van der Waals surface area contributed by atoms with E-state index in [4.69, 9.17) is 4.74 Å². The van der Waals surface area contributed by atoms with E-state index in [2.05, 4.69) is 10.6 Å². The molecule has 1 fully saturated rings. The maximum Gasteiger partial charge on any atom is 0.407 e. The minimum Gasteiger partial charge on any atom is -0.444 e. The molecule has 1 aliphatic rings. The highest BCUT2D eigenvalue weighted by atomic mass is 32.2. The van der Waals surface area contributed by atoms with Gasteiger partial charge in [0.2, 0.25) is 5.91 Å². The van der Waals surface area contributed by atoms with Crippen LogP contribution in [0.4, 0.5) is 4.79 Å². The van der Waals surface area contributed by atoms with Crippen LogP contribution in [0.1, 0.15) is 46.5 Å². The van der Waals surface area contributed by atoms with Gasteiger partial charge in [-0.1, -0.05) is 12.8 Å². The van der Waals surface area contributed by atoms with Crippen molar-refractivity contribution in [2.24, 2.45) is 0 Å². The summed E-state index contributed by atoms with van der Waals surface area (Å²) in [6.45, 7) is 5.99. The molecule has 20 heavy (non-hydrogen) atoms. The van der Waals surface area contributed by atoms with Gasteiger partial charge in [-0.2, -0.15) is 11.8 Å². The van der Waals surface area contributed by atoms with Crippen molar-refractivity contribution < 1.29 is 14.3 Å². The summed E-state index contributed by atoms with van der Waals surface area (Å²) in [6.07, 6.45) is 4.25. The fraction of sp³-hybridized carbons (Fsp3) is 0.857. The number of hydrogen-bond acceptors (Lipinski definition) is 4. The van der Waals surface area contributed by atoms with Crippen molar-refractivity contribution in [3.63, 3.8) is 0 Å². The molecular weight excluding hydrogens is 276 g/mol. The van der Waals surface area contributed by atoms with E-state index in [-0.39, 0.29) is 5.91 Å². The van der Waals surface area contributed by atoms with E-state index in [9.17, 15) is 9.59 Å². The van der Waals surface area contributed by atoms with Crippen LogP contribution in [-0.4, -0.2) is 41.7 Å². The third-order valence-corrected chi connectivity index (χ3v) is 3.83. The summed E-state index contributed by atoms with van der Waals surface area (Å²) in [5.41, 5.74) is -0.474. The quantitative estimate of drug-likeness (QED) is 0.739.